The van der Waals surface area contributed by atoms with E-state index in [1.165, 1.54) is 24.3 Å². The van der Waals surface area contributed by atoms with Gasteiger partial charge in [-0.05, 0) is 37.3 Å². The van der Waals surface area contributed by atoms with Crippen molar-refractivity contribution in [3.05, 3.63) is 41.6 Å². The fraction of sp³-hybridized carbons (Fsp3) is 0.467. The molecule has 0 unspecified atom stereocenters. The number of nitrogens with one attached hydrogen (secondary N) is 1. The Morgan fingerprint density at radius 2 is 1.92 bits per heavy atom. The molecule has 0 fully saturated rings. The average Bonchev–Trinajstić information content (AvgIpc) is 2.85. The first-order chi connectivity index (χ1) is 11.1. The summed E-state index contributed by atoms with van der Waals surface area (Å²) in [5.74, 6) is -0.293. The minimum atomic E-state index is -5.17. The molecular formula is C15H17F3N2O3S. The molecule has 132 valence electrons. The Hall–Kier alpha value is -1.58. The molecule has 1 aromatic carbocycles. The van der Waals surface area contributed by atoms with Crippen molar-refractivity contribution >= 4 is 10.0 Å². The Balaban J connectivity index is 2.16. The van der Waals surface area contributed by atoms with Gasteiger partial charge < -0.3 is 10.5 Å². The van der Waals surface area contributed by atoms with Gasteiger partial charge in [-0.3, -0.25) is 0 Å². The molecule has 1 heterocycles. The zero-order chi connectivity index (χ0) is 17.8. The maximum absolute atomic E-state index is 13.7. The summed E-state index contributed by atoms with van der Waals surface area (Å²) >= 11 is 0. The fourth-order valence-electron chi connectivity index (χ4n) is 3.23. The van der Waals surface area contributed by atoms with E-state index in [1.807, 2.05) is 0 Å². The first-order valence-electron chi connectivity index (χ1n) is 7.50. The predicted octanol–water partition coefficient (Wildman–Crippen LogP) is 2.52. The molecule has 2 N–H and O–H groups in total. The molecule has 0 saturated heterocycles. The molecule has 2 atom stereocenters. The Morgan fingerprint density at radius 1 is 1.29 bits per heavy atom. The zero-order valence-corrected chi connectivity index (χ0v) is 13.7. The zero-order valence-electron chi connectivity index (χ0n) is 12.8. The summed E-state index contributed by atoms with van der Waals surface area (Å²) in [6.45, 7) is 1.71. The lowest BCUT2D eigenvalue weighted by Gasteiger charge is -2.35. The molecule has 9 heteroatoms. The van der Waals surface area contributed by atoms with Crippen molar-refractivity contribution < 1.29 is 26.7 Å². The van der Waals surface area contributed by atoms with Gasteiger partial charge in [0.1, 0.15) is 0 Å². The number of alkyl halides is 3. The van der Waals surface area contributed by atoms with Crippen molar-refractivity contribution in [2.75, 3.05) is 0 Å². The summed E-state index contributed by atoms with van der Waals surface area (Å²) in [7, 11) is -4.60. The highest BCUT2D eigenvalue weighted by Crippen LogP contribution is 2.50. The third-order valence-electron chi connectivity index (χ3n) is 4.50. The van der Waals surface area contributed by atoms with Gasteiger partial charge >= 0.3 is 6.18 Å². The fourth-order valence-corrected chi connectivity index (χ4v) is 4.72. The highest BCUT2D eigenvalue weighted by Gasteiger charge is 2.68. The molecule has 2 aliphatic rings. The van der Waals surface area contributed by atoms with Gasteiger partial charge in [0.25, 0.3) is 15.7 Å². The summed E-state index contributed by atoms with van der Waals surface area (Å²) in [4.78, 5) is -0.326. The summed E-state index contributed by atoms with van der Waals surface area (Å²) in [5, 5.41) is 10.5. The van der Waals surface area contributed by atoms with Crippen LogP contribution in [0.2, 0.25) is 0 Å². The third kappa shape index (κ3) is 2.34. The number of hydrogen-bond acceptors (Lipinski definition) is 4. The lowest BCUT2D eigenvalue weighted by Crippen LogP contribution is -2.61. The number of halogens is 3. The van der Waals surface area contributed by atoms with Crippen molar-refractivity contribution in [2.24, 2.45) is 5.92 Å². The first kappa shape index (κ1) is 17.2. The molecule has 0 bridgehead atoms. The second kappa shape index (κ2) is 5.47. The van der Waals surface area contributed by atoms with Crippen LogP contribution >= 0.6 is 0 Å². The van der Waals surface area contributed by atoms with Crippen LogP contribution in [0.4, 0.5) is 13.2 Å². The van der Waals surface area contributed by atoms with Crippen LogP contribution in [0, 0.1) is 5.92 Å². The second-order valence-corrected chi connectivity index (χ2v) is 7.84. The van der Waals surface area contributed by atoms with Crippen LogP contribution in [0.25, 0.3) is 0 Å². The van der Waals surface area contributed by atoms with E-state index in [4.69, 9.17) is 0 Å². The first-order valence-corrected chi connectivity index (χ1v) is 8.94. The molecular weight excluding hydrogens is 345 g/mol. The van der Waals surface area contributed by atoms with Crippen LogP contribution in [0.5, 0.6) is 0 Å². The van der Waals surface area contributed by atoms with E-state index in [2.05, 4.69) is 5.43 Å². The molecule has 0 spiro atoms. The molecule has 1 aliphatic heterocycles. The Bertz CT molecular complexity index is 777. The molecule has 0 saturated carbocycles. The normalized spacial score (nSPS) is 28.6. The predicted molar refractivity (Wildman–Crippen MR) is 79.6 cm³/mol. The van der Waals surface area contributed by atoms with Gasteiger partial charge in [-0.1, -0.05) is 29.5 Å². The number of aliphatic hydroxyl groups is 1. The standard InChI is InChI=1S/C15H17F3N2O3S/c1-10-6-5-9-12-13(10)19-20(14(12,21)15(16,17)18)24(22,23)11-7-3-2-4-8-11/h2-4,7-8,10,19,21H,5-6,9H2,1H3/t10-,14+/m1/s1. The van der Waals surface area contributed by atoms with Gasteiger partial charge in [-0.25, -0.2) is 8.42 Å². The van der Waals surface area contributed by atoms with Gasteiger partial charge in [-0.2, -0.15) is 13.2 Å². The van der Waals surface area contributed by atoms with Crippen molar-refractivity contribution in [1.29, 1.82) is 0 Å². The number of rotatable bonds is 2. The van der Waals surface area contributed by atoms with E-state index in [1.54, 1.807) is 13.0 Å². The Morgan fingerprint density at radius 3 is 2.50 bits per heavy atom. The van der Waals surface area contributed by atoms with E-state index in [9.17, 15) is 26.7 Å². The van der Waals surface area contributed by atoms with Gasteiger partial charge in [0.05, 0.1) is 4.90 Å². The van der Waals surface area contributed by atoms with Crippen LogP contribution < -0.4 is 5.43 Å². The van der Waals surface area contributed by atoms with Crippen LogP contribution in [0.15, 0.2) is 46.5 Å². The van der Waals surface area contributed by atoms with Gasteiger partial charge in [0.15, 0.2) is 0 Å². The third-order valence-corrected chi connectivity index (χ3v) is 6.20. The van der Waals surface area contributed by atoms with E-state index < -0.39 is 21.9 Å². The molecule has 0 aromatic heterocycles. The Kier molecular flexibility index (Phi) is 3.93. The van der Waals surface area contributed by atoms with Crippen LogP contribution in [-0.2, 0) is 10.0 Å². The topological polar surface area (TPSA) is 69.6 Å². The lowest BCUT2D eigenvalue weighted by molar-refractivity contribution is -0.281. The molecule has 3 rings (SSSR count). The minimum absolute atomic E-state index is 0.0104. The molecule has 0 amide bonds. The highest BCUT2D eigenvalue weighted by molar-refractivity contribution is 7.89. The minimum Gasteiger partial charge on any atom is -0.362 e. The van der Waals surface area contributed by atoms with Crippen LogP contribution in [0.3, 0.4) is 0 Å². The summed E-state index contributed by atoms with van der Waals surface area (Å²) < 4.78 is 66.5. The number of allylic oxidation sites excluding steroid dienone is 1. The van der Waals surface area contributed by atoms with Crippen LogP contribution in [-0.4, -0.2) is 29.8 Å². The van der Waals surface area contributed by atoms with Crippen LogP contribution in [0.1, 0.15) is 26.2 Å². The lowest BCUT2D eigenvalue weighted by atomic mass is 9.84. The smallest absolute Gasteiger partial charge is 0.362 e. The van der Waals surface area contributed by atoms with E-state index in [0.717, 1.165) is 0 Å². The average molecular weight is 362 g/mol. The summed E-state index contributed by atoms with van der Waals surface area (Å²) in [6, 6.07) is 6.75. The van der Waals surface area contributed by atoms with E-state index in [0.29, 0.717) is 12.8 Å². The molecule has 0 radical (unpaired) electrons. The quantitative estimate of drug-likeness (QED) is 0.848. The molecule has 1 aromatic rings. The maximum atomic E-state index is 13.7. The van der Waals surface area contributed by atoms with E-state index in [-0.39, 0.29) is 32.9 Å². The highest BCUT2D eigenvalue weighted by atomic mass is 32.2. The largest absolute Gasteiger partial charge is 0.438 e. The number of hydrazine groups is 1. The molecule has 1 aliphatic carbocycles. The number of sulfonamides is 1. The monoisotopic (exact) mass is 362 g/mol. The van der Waals surface area contributed by atoms with Gasteiger partial charge in [0, 0.05) is 11.3 Å². The SMILES string of the molecule is C[C@@H]1CCCC2=C1NN(S(=O)(=O)c1ccccc1)[C@@]2(O)C(F)(F)F. The van der Waals surface area contributed by atoms with Gasteiger partial charge in [-0.15, -0.1) is 0 Å². The van der Waals surface area contributed by atoms with Crippen molar-refractivity contribution in [2.45, 2.75) is 43.0 Å². The maximum Gasteiger partial charge on any atom is 0.438 e. The molecule has 5 nitrogen and oxygen atoms in total. The van der Waals surface area contributed by atoms with Crippen molar-refractivity contribution in [3.63, 3.8) is 0 Å². The number of hydrogen-bond donors (Lipinski definition) is 2. The summed E-state index contributed by atoms with van der Waals surface area (Å²) in [5.41, 5.74) is -1.42. The van der Waals surface area contributed by atoms with Crippen molar-refractivity contribution in [3.8, 4) is 0 Å². The van der Waals surface area contributed by atoms with Crippen molar-refractivity contribution in [1.82, 2.24) is 9.84 Å². The number of nitrogens with zero attached hydrogens (tertiary/aromatic N) is 1. The second-order valence-electron chi connectivity index (χ2n) is 6.05. The van der Waals surface area contributed by atoms with E-state index >= 15 is 0 Å². The number of benzene rings is 1. The Labute approximate surface area is 137 Å². The van der Waals surface area contributed by atoms with Gasteiger partial charge in [0.2, 0.25) is 0 Å². The molecule has 24 heavy (non-hydrogen) atoms. The summed E-state index contributed by atoms with van der Waals surface area (Å²) in [6.07, 6.45) is -4.10.